The molecule has 0 N–H and O–H groups in total. The standard InChI is InChI=1S/C14H15N3OS/c1-10-5-7-11(8-6-10)3-2-4-12-15-14-17(16-12)13(18)9-19-14/h5-8H,2-4,9H2,1H3. The third-order valence-corrected chi connectivity index (χ3v) is 4.08. The van der Waals surface area contributed by atoms with Crippen molar-refractivity contribution in [2.24, 2.45) is 0 Å². The van der Waals surface area contributed by atoms with Crippen molar-refractivity contribution in [1.82, 2.24) is 14.8 Å². The topological polar surface area (TPSA) is 47.8 Å². The molecule has 0 unspecified atom stereocenters. The van der Waals surface area contributed by atoms with Crippen LogP contribution in [0.25, 0.3) is 0 Å². The summed E-state index contributed by atoms with van der Waals surface area (Å²) in [5, 5.41) is 5.00. The van der Waals surface area contributed by atoms with Crippen molar-refractivity contribution in [2.45, 2.75) is 31.3 Å². The average molecular weight is 273 g/mol. The number of aryl methyl sites for hydroxylation is 3. The minimum absolute atomic E-state index is 0.0392. The van der Waals surface area contributed by atoms with Crippen molar-refractivity contribution in [3.05, 3.63) is 41.2 Å². The lowest BCUT2D eigenvalue weighted by molar-refractivity contribution is 0.0923. The molecule has 98 valence electrons. The fourth-order valence-corrected chi connectivity index (χ4v) is 2.90. The second-order valence-electron chi connectivity index (χ2n) is 4.74. The molecule has 0 amide bonds. The Balaban J connectivity index is 1.57. The van der Waals surface area contributed by atoms with E-state index in [0.29, 0.717) is 5.75 Å². The lowest BCUT2D eigenvalue weighted by Crippen LogP contribution is -2.09. The summed E-state index contributed by atoms with van der Waals surface area (Å²) in [5.41, 5.74) is 2.62. The zero-order valence-electron chi connectivity index (χ0n) is 10.8. The van der Waals surface area contributed by atoms with E-state index in [2.05, 4.69) is 41.3 Å². The lowest BCUT2D eigenvalue weighted by Gasteiger charge is -2.00. The highest BCUT2D eigenvalue weighted by Gasteiger charge is 2.23. The minimum Gasteiger partial charge on any atom is -0.271 e. The van der Waals surface area contributed by atoms with Crippen LogP contribution >= 0.6 is 11.8 Å². The number of benzene rings is 1. The van der Waals surface area contributed by atoms with E-state index in [0.717, 1.165) is 30.2 Å². The van der Waals surface area contributed by atoms with Crippen molar-refractivity contribution in [3.63, 3.8) is 0 Å². The van der Waals surface area contributed by atoms with Gasteiger partial charge >= 0.3 is 0 Å². The molecule has 1 aliphatic heterocycles. The molecule has 0 fully saturated rings. The quantitative estimate of drug-likeness (QED) is 0.858. The molecular formula is C14H15N3OS. The summed E-state index contributed by atoms with van der Waals surface area (Å²) < 4.78 is 1.44. The van der Waals surface area contributed by atoms with Gasteiger partial charge in [-0.15, -0.1) is 5.10 Å². The number of aromatic nitrogens is 3. The fraction of sp³-hybridized carbons (Fsp3) is 0.357. The molecule has 1 aromatic heterocycles. The van der Waals surface area contributed by atoms with Crippen molar-refractivity contribution in [3.8, 4) is 0 Å². The van der Waals surface area contributed by atoms with Crippen molar-refractivity contribution in [1.29, 1.82) is 0 Å². The Bertz CT molecular complexity index is 604. The molecule has 5 heteroatoms. The molecule has 0 aliphatic carbocycles. The number of nitrogens with zero attached hydrogens (tertiary/aromatic N) is 3. The van der Waals surface area contributed by atoms with Gasteiger partial charge in [-0.25, -0.2) is 4.98 Å². The van der Waals surface area contributed by atoms with Gasteiger partial charge in [0.15, 0.2) is 11.0 Å². The van der Waals surface area contributed by atoms with E-state index in [1.807, 2.05) is 0 Å². The van der Waals surface area contributed by atoms with E-state index in [1.165, 1.54) is 27.6 Å². The second kappa shape index (κ2) is 5.17. The molecule has 0 atom stereocenters. The molecule has 0 spiro atoms. The van der Waals surface area contributed by atoms with E-state index < -0.39 is 0 Å². The van der Waals surface area contributed by atoms with Crippen LogP contribution < -0.4 is 0 Å². The number of carbonyl (C=O) groups is 1. The maximum Gasteiger partial charge on any atom is 0.259 e. The SMILES string of the molecule is Cc1ccc(CCCc2nc3n(n2)C(=O)CS3)cc1. The summed E-state index contributed by atoms with van der Waals surface area (Å²) in [6, 6.07) is 8.59. The Morgan fingerprint density at radius 2 is 2.05 bits per heavy atom. The summed E-state index contributed by atoms with van der Waals surface area (Å²) in [5.74, 6) is 1.29. The smallest absolute Gasteiger partial charge is 0.259 e. The first-order valence-corrected chi connectivity index (χ1v) is 7.38. The van der Waals surface area contributed by atoms with Crippen LogP contribution in [0.15, 0.2) is 29.4 Å². The van der Waals surface area contributed by atoms with Gasteiger partial charge in [-0.3, -0.25) is 4.79 Å². The van der Waals surface area contributed by atoms with E-state index in [1.54, 1.807) is 0 Å². The molecule has 0 saturated heterocycles. The van der Waals surface area contributed by atoms with Gasteiger partial charge in [0.25, 0.3) is 5.91 Å². The third-order valence-electron chi connectivity index (χ3n) is 3.17. The first-order valence-electron chi connectivity index (χ1n) is 6.40. The van der Waals surface area contributed by atoms with E-state index >= 15 is 0 Å². The Morgan fingerprint density at radius 1 is 1.26 bits per heavy atom. The van der Waals surface area contributed by atoms with Crippen LogP contribution in [0.3, 0.4) is 0 Å². The summed E-state index contributed by atoms with van der Waals surface area (Å²) in [4.78, 5) is 15.8. The van der Waals surface area contributed by atoms with Crippen LogP contribution in [-0.4, -0.2) is 26.4 Å². The predicted molar refractivity (Wildman–Crippen MR) is 74.6 cm³/mol. The predicted octanol–water partition coefficient (Wildman–Crippen LogP) is 2.51. The summed E-state index contributed by atoms with van der Waals surface area (Å²) in [7, 11) is 0. The molecule has 1 aliphatic rings. The van der Waals surface area contributed by atoms with E-state index in [4.69, 9.17) is 0 Å². The van der Waals surface area contributed by atoms with Crippen molar-refractivity contribution < 1.29 is 4.79 Å². The Kier molecular flexibility index (Phi) is 3.38. The number of rotatable bonds is 4. The number of hydrogen-bond acceptors (Lipinski definition) is 4. The first-order chi connectivity index (χ1) is 9.22. The average Bonchev–Trinajstić information content (AvgIpc) is 2.95. The zero-order valence-corrected chi connectivity index (χ0v) is 11.6. The maximum atomic E-state index is 11.4. The van der Waals surface area contributed by atoms with Crippen LogP contribution in [0.1, 0.15) is 28.2 Å². The second-order valence-corrected chi connectivity index (χ2v) is 5.69. The van der Waals surface area contributed by atoms with Crippen LogP contribution in [0.2, 0.25) is 0 Å². The highest BCUT2D eigenvalue weighted by Crippen LogP contribution is 2.23. The fourth-order valence-electron chi connectivity index (χ4n) is 2.09. The number of carbonyl (C=O) groups excluding carboxylic acids is 1. The zero-order chi connectivity index (χ0) is 13.2. The molecule has 2 heterocycles. The Hall–Kier alpha value is -1.62. The monoisotopic (exact) mass is 273 g/mol. The summed E-state index contributed by atoms with van der Waals surface area (Å²) in [6.07, 6.45) is 2.85. The molecule has 0 bridgehead atoms. The molecule has 4 nitrogen and oxygen atoms in total. The van der Waals surface area contributed by atoms with Gasteiger partial charge in [0.05, 0.1) is 5.75 Å². The molecule has 2 aromatic rings. The van der Waals surface area contributed by atoms with Gasteiger partial charge in [-0.1, -0.05) is 41.6 Å². The highest BCUT2D eigenvalue weighted by atomic mass is 32.2. The van der Waals surface area contributed by atoms with Gasteiger partial charge in [-0.05, 0) is 25.3 Å². The van der Waals surface area contributed by atoms with Gasteiger partial charge in [0.2, 0.25) is 0 Å². The van der Waals surface area contributed by atoms with E-state index in [9.17, 15) is 4.79 Å². The van der Waals surface area contributed by atoms with Gasteiger partial charge < -0.3 is 0 Å². The van der Waals surface area contributed by atoms with Crippen LogP contribution in [0.5, 0.6) is 0 Å². The van der Waals surface area contributed by atoms with Gasteiger partial charge in [0, 0.05) is 6.42 Å². The highest BCUT2D eigenvalue weighted by molar-refractivity contribution is 8.00. The molecule has 1 aromatic carbocycles. The van der Waals surface area contributed by atoms with Crippen LogP contribution in [-0.2, 0) is 12.8 Å². The molecule has 0 saturated carbocycles. The summed E-state index contributed by atoms with van der Waals surface area (Å²) in [6.45, 7) is 2.09. The molecular weight excluding hydrogens is 258 g/mol. The minimum atomic E-state index is 0.0392. The van der Waals surface area contributed by atoms with Crippen LogP contribution in [0.4, 0.5) is 0 Å². The Morgan fingerprint density at radius 3 is 2.79 bits per heavy atom. The van der Waals surface area contributed by atoms with Gasteiger partial charge in [0.1, 0.15) is 0 Å². The van der Waals surface area contributed by atoms with Gasteiger partial charge in [-0.2, -0.15) is 4.68 Å². The Labute approximate surface area is 116 Å². The third kappa shape index (κ3) is 2.71. The molecule has 19 heavy (non-hydrogen) atoms. The van der Waals surface area contributed by atoms with Crippen molar-refractivity contribution >= 4 is 17.7 Å². The largest absolute Gasteiger partial charge is 0.271 e. The van der Waals surface area contributed by atoms with E-state index in [-0.39, 0.29) is 5.91 Å². The summed E-state index contributed by atoms with van der Waals surface area (Å²) >= 11 is 1.47. The lowest BCUT2D eigenvalue weighted by atomic mass is 10.1. The maximum absolute atomic E-state index is 11.4. The molecule has 0 radical (unpaired) electrons. The normalized spacial score (nSPS) is 13.8. The number of fused-ring (bicyclic) bond motifs is 1. The first kappa shape index (κ1) is 12.4. The molecule has 3 rings (SSSR count). The number of thioether (sulfide) groups is 1. The van der Waals surface area contributed by atoms with Crippen LogP contribution in [0, 0.1) is 6.92 Å². The number of hydrogen-bond donors (Lipinski definition) is 0. The van der Waals surface area contributed by atoms with Crippen molar-refractivity contribution in [2.75, 3.05) is 5.75 Å².